The second-order valence-corrected chi connectivity index (χ2v) is 9.74. The number of para-hydroxylation sites is 2. The van der Waals surface area contributed by atoms with Gasteiger partial charge in [0, 0.05) is 29.3 Å². The Morgan fingerprint density at radius 3 is 2.21 bits per heavy atom. The van der Waals surface area contributed by atoms with E-state index in [0.717, 1.165) is 27.5 Å². The summed E-state index contributed by atoms with van der Waals surface area (Å²) >= 11 is 0. The van der Waals surface area contributed by atoms with Crippen molar-refractivity contribution in [3.63, 3.8) is 0 Å². The van der Waals surface area contributed by atoms with Gasteiger partial charge in [0.05, 0.1) is 23.7 Å². The molecule has 33 heavy (non-hydrogen) atoms. The van der Waals surface area contributed by atoms with E-state index in [4.69, 9.17) is 5.10 Å². The van der Waals surface area contributed by atoms with E-state index in [1.807, 2.05) is 66.9 Å². The average molecular weight is 459 g/mol. The highest BCUT2D eigenvalue weighted by Gasteiger charge is 2.37. The van der Waals surface area contributed by atoms with Crippen LogP contribution in [0, 0.1) is 0 Å². The SMILES string of the molecule is CS(=O)(=O)N1N=C(c2cn(-c3ccccc3)nc2-c2ccccc2)C[C@H]1c1ccccc1O. The van der Waals surface area contributed by atoms with Gasteiger partial charge in [-0.2, -0.15) is 14.6 Å². The summed E-state index contributed by atoms with van der Waals surface area (Å²) in [6.07, 6.45) is 3.31. The third kappa shape index (κ3) is 4.01. The van der Waals surface area contributed by atoms with Crippen LogP contribution < -0.4 is 0 Å². The van der Waals surface area contributed by atoms with Gasteiger partial charge in [0.15, 0.2) is 0 Å². The largest absolute Gasteiger partial charge is 0.508 e. The molecule has 0 spiro atoms. The van der Waals surface area contributed by atoms with Crippen molar-refractivity contribution in [1.29, 1.82) is 0 Å². The number of sulfonamides is 1. The molecule has 0 fully saturated rings. The van der Waals surface area contributed by atoms with E-state index in [0.29, 0.717) is 23.4 Å². The Labute approximate surface area is 192 Å². The quantitative estimate of drug-likeness (QED) is 0.481. The molecule has 7 nitrogen and oxygen atoms in total. The first-order valence-electron chi connectivity index (χ1n) is 10.5. The molecule has 3 aromatic carbocycles. The lowest BCUT2D eigenvalue weighted by atomic mass is 9.97. The van der Waals surface area contributed by atoms with Crippen LogP contribution in [0.3, 0.4) is 0 Å². The zero-order chi connectivity index (χ0) is 23.0. The van der Waals surface area contributed by atoms with Crippen LogP contribution in [0.15, 0.2) is 96.2 Å². The molecule has 1 aliphatic rings. The average Bonchev–Trinajstić information content (AvgIpc) is 3.46. The van der Waals surface area contributed by atoms with Crippen LogP contribution >= 0.6 is 0 Å². The predicted molar refractivity (Wildman–Crippen MR) is 128 cm³/mol. The van der Waals surface area contributed by atoms with Crippen LogP contribution in [-0.4, -0.2) is 39.7 Å². The Morgan fingerprint density at radius 2 is 1.55 bits per heavy atom. The van der Waals surface area contributed by atoms with Crippen molar-refractivity contribution in [2.24, 2.45) is 5.10 Å². The third-order valence-electron chi connectivity index (χ3n) is 5.60. The summed E-state index contributed by atoms with van der Waals surface area (Å²) in [7, 11) is -3.67. The van der Waals surface area contributed by atoms with E-state index in [1.165, 1.54) is 0 Å². The number of nitrogens with zero attached hydrogens (tertiary/aromatic N) is 4. The Balaban J connectivity index is 1.65. The number of benzene rings is 3. The van der Waals surface area contributed by atoms with Crippen LogP contribution in [0.25, 0.3) is 16.9 Å². The van der Waals surface area contributed by atoms with E-state index in [1.54, 1.807) is 28.9 Å². The molecule has 4 aromatic rings. The van der Waals surface area contributed by atoms with Gasteiger partial charge in [0.25, 0.3) is 0 Å². The normalized spacial score (nSPS) is 16.1. The molecule has 5 rings (SSSR count). The van der Waals surface area contributed by atoms with Crippen LogP contribution in [0.5, 0.6) is 5.75 Å². The van der Waals surface area contributed by atoms with E-state index in [2.05, 4.69) is 5.10 Å². The van der Waals surface area contributed by atoms with Gasteiger partial charge in [0.1, 0.15) is 11.4 Å². The lowest BCUT2D eigenvalue weighted by Gasteiger charge is -2.22. The monoisotopic (exact) mass is 458 g/mol. The number of rotatable bonds is 5. The molecule has 0 saturated heterocycles. The minimum absolute atomic E-state index is 0.0378. The fraction of sp³-hybridized carbons (Fsp3) is 0.120. The lowest BCUT2D eigenvalue weighted by Crippen LogP contribution is -2.25. The topological polar surface area (TPSA) is 87.8 Å². The highest BCUT2D eigenvalue weighted by molar-refractivity contribution is 7.88. The minimum atomic E-state index is -3.67. The number of hydrogen-bond donors (Lipinski definition) is 1. The van der Waals surface area contributed by atoms with Gasteiger partial charge in [-0.1, -0.05) is 66.7 Å². The van der Waals surface area contributed by atoms with E-state index >= 15 is 0 Å². The summed E-state index contributed by atoms with van der Waals surface area (Å²) in [5.41, 5.74) is 4.35. The Bertz CT molecular complexity index is 1430. The molecule has 1 aromatic heterocycles. The number of phenols is 1. The third-order valence-corrected chi connectivity index (χ3v) is 6.62. The van der Waals surface area contributed by atoms with Gasteiger partial charge < -0.3 is 5.11 Å². The molecule has 2 heterocycles. The Morgan fingerprint density at radius 1 is 0.909 bits per heavy atom. The van der Waals surface area contributed by atoms with Crippen molar-refractivity contribution in [2.75, 3.05) is 6.26 Å². The van der Waals surface area contributed by atoms with Crippen LogP contribution in [-0.2, 0) is 10.0 Å². The van der Waals surface area contributed by atoms with Crippen molar-refractivity contribution in [3.05, 3.63) is 102 Å². The molecule has 1 aliphatic heterocycles. The first kappa shape index (κ1) is 21.0. The number of aromatic hydroxyl groups is 1. The summed E-state index contributed by atoms with van der Waals surface area (Å²) in [6.45, 7) is 0. The van der Waals surface area contributed by atoms with Crippen molar-refractivity contribution < 1.29 is 13.5 Å². The Hall–Kier alpha value is -3.91. The molecular formula is C25H22N4O3S. The second-order valence-electron chi connectivity index (χ2n) is 7.90. The van der Waals surface area contributed by atoms with Crippen LogP contribution in [0.1, 0.15) is 23.6 Å². The summed E-state index contributed by atoms with van der Waals surface area (Å²) < 4.78 is 28.1. The first-order valence-corrected chi connectivity index (χ1v) is 12.3. The van der Waals surface area contributed by atoms with Crippen molar-refractivity contribution in [1.82, 2.24) is 14.2 Å². The molecule has 1 atom stereocenters. The molecule has 0 unspecified atom stereocenters. The molecule has 0 radical (unpaired) electrons. The zero-order valence-electron chi connectivity index (χ0n) is 17.9. The highest BCUT2D eigenvalue weighted by Crippen LogP contribution is 2.39. The molecule has 8 heteroatoms. The number of aromatic nitrogens is 2. The molecule has 1 N–H and O–H groups in total. The molecule has 166 valence electrons. The number of hydrogen-bond acceptors (Lipinski definition) is 5. The van der Waals surface area contributed by atoms with Gasteiger partial charge >= 0.3 is 0 Å². The Kier molecular flexibility index (Phi) is 5.22. The minimum Gasteiger partial charge on any atom is -0.508 e. The number of phenolic OH excluding ortho intramolecular Hbond substituents is 1. The summed E-state index contributed by atoms with van der Waals surface area (Å²) in [4.78, 5) is 0. The van der Waals surface area contributed by atoms with Gasteiger partial charge in [-0.05, 0) is 18.2 Å². The highest BCUT2D eigenvalue weighted by atomic mass is 32.2. The molecule has 0 aliphatic carbocycles. The maximum atomic E-state index is 12.6. The summed E-state index contributed by atoms with van der Waals surface area (Å²) in [5.74, 6) is 0.0378. The van der Waals surface area contributed by atoms with Crippen LogP contribution in [0.2, 0.25) is 0 Å². The maximum Gasteiger partial charge on any atom is 0.247 e. The van der Waals surface area contributed by atoms with Crippen LogP contribution in [0.4, 0.5) is 0 Å². The maximum absolute atomic E-state index is 12.6. The van der Waals surface area contributed by atoms with Gasteiger partial charge in [0.2, 0.25) is 10.0 Å². The van der Waals surface area contributed by atoms with Gasteiger partial charge in [-0.3, -0.25) is 0 Å². The predicted octanol–water partition coefficient (Wildman–Crippen LogP) is 4.36. The summed E-state index contributed by atoms with van der Waals surface area (Å²) in [5, 5.41) is 19.7. The van der Waals surface area contributed by atoms with E-state index < -0.39 is 16.1 Å². The van der Waals surface area contributed by atoms with E-state index in [9.17, 15) is 13.5 Å². The lowest BCUT2D eigenvalue weighted by molar-refractivity contribution is 0.361. The number of hydrazone groups is 1. The van der Waals surface area contributed by atoms with Crippen molar-refractivity contribution in [3.8, 4) is 22.7 Å². The molecular weight excluding hydrogens is 436 g/mol. The fourth-order valence-electron chi connectivity index (χ4n) is 4.07. The van der Waals surface area contributed by atoms with Crippen molar-refractivity contribution in [2.45, 2.75) is 12.5 Å². The fourth-order valence-corrected chi connectivity index (χ4v) is 4.96. The van der Waals surface area contributed by atoms with Gasteiger partial charge in [-0.25, -0.2) is 13.1 Å². The smallest absolute Gasteiger partial charge is 0.247 e. The van der Waals surface area contributed by atoms with E-state index in [-0.39, 0.29) is 5.75 Å². The second kappa shape index (κ2) is 8.22. The standard InChI is InChI=1S/C25H22N4O3S/c1-33(31,32)29-23(20-14-8-9-15-24(20)30)16-22(26-29)21-17-28(19-12-6-3-7-13-19)27-25(21)18-10-4-2-5-11-18/h2-15,17,23,30H,16H2,1H3/t23-/m0/s1. The zero-order valence-corrected chi connectivity index (χ0v) is 18.7. The first-order chi connectivity index (χ1) is 15.9. The molecule has 0 saturated carbocycles. The van der Waals surface area contributed by atoms with Gasteiger partial charge in [-0.15, -0.1) is 0 Å². The molecule has 0 bridgehead atoms. The molecule has 0 amide bonds. The van der Waals surface area contributed by atoms with Crippen molar-refractivity contribution >= 4 is 15.7 Å². The summed E-state index contributed by atoms with van der Waals surface area (Å²) in [6, 6.07) is 25.6.